The van der Waals surface area contributed by atoms with Crippen molar-refractivity contribution in [2.24, 2.45) is 4.99 Å². The summed E-state index contributed by atoms with van der Waals surface area (Å²) in [6, 6.07) is 3.46. The number of rotatable bonds is 1. The van der Waals surface area contributed by atoms with Crippen molar-refractivity contribution >= 4 is 27.1 Å². The van der Waals surface area contributed by atoms with Crippen molar-refractivity contribution < 1.29 is 8.42 Å². The molecule has 0 unspecified atom stereocenters. The zero-order valence-electron chi connectivity index (χ0n) is 7.56. The molecule has 0 saturated heterocycles. The van der Waals surface area contributed by atoms with Crippen LogP contribution in [0.25, 0.3) is 0 Å². The number of aliphatic imine (C=N–C) groups is 1. The predicted octanol–water partition coefficient (Wildman–Crippen LogP) is 1.06. The molecule has 0 atom stereocenters. The number of pyridine rings is 1. The maximum absolute atomic E-state index is 11.1. The SMILES string of the molecule is CCc1ccc2c(n1)N=CS(=O)(=O)N2. The van der Waals surface area contributed by atoms with Gasteiger partial charge < -0.3 is 0 Å². The van der Waals surface area contributed by atoms with Gasteiger partial charge in [-0.15, -0.1) is 0 Å². The number of nitrogens with zero attached hydrogens (tertiary/aromatic N) is 2. The molecule has 0 amide bonds. The number of nitrogens with one attached hydrogen (secondary N) is 1. The lowest BCUT2D eigenvalue weighted by Gasteiger charge is -2.11. The molecule has 0 aliphatic carbocycles. The molecule has 1 aromatic rings. The smallest absolute Gasteiger partial charge is 0.272 e. The summed E-state index contributed by atoms with van der Waals surface area (Å²) >= 11 is 0. The van der Waals surface area contributed by atoms with Crippen LogP contribution < -0.4 is 4.72 Å². The molecule has 5 nitrogen and oxygen atoms in total. The Morgan fingerprint density at radius 3 is 2.93 bits per heavy atom. The summed E-state index contributed by atoms with van der Waals surface area (Å²) in [6.07, 6.45) is 0.801. The summed E-state index contributed by atoms with van der Waals surface area (Å²) in [6.45, 7) is 1.98. The van der Waals surface area contributed by atoms with E-state index in [1.54, 1.807) is 12.1 Å². The van der Waals surface area contributed by atoms with Gasteiger partial charge in [-0.05, 0) is 18.6 Å². The highest BCUT2D eigenvalue weighted by atomic mass is 32.2. The van der Waals surface area contributed by atoms with Crippen LogP contribution in [0.4, 0.5) is 11.5 Å². The quantitative estimate of drug-likeness (QED) is 0.755. The fourth-order valence-electron chi connectivity index (χ4n) is 1.16. The van der Waals surface area contributed by atoms with E-state index in [1.165, 1.54) is 0 Å². The highest BCUT2D eigenvalue weighted by Gasteiger charge is 2.16. The molecule has 0 aromatic carbocycles. The van der Waals surface area contributed by atoms with Crippen molar-refractivity contribution in [3.8, 4) is 0 Å². The van der Waals surface area contributed by atoms with Gasteiger partial charge in [0.25, 0.3) is 10.0 Å². The van der Waals surface area contributed by atoms with Gasteiger partial charge in [-0.3, -0.25) is 4.72 Å². The topological polar surface area (TPSA) is 71.4 Å². The van der Waals surface area contributed by atoms with Gasteiger partial charge in [0.1, 0.15) is 5.55 Å². The lowest BCUT2D eigenvalue weighted by atomic mass is 10.3. The Morgan fingerprint density at radius 2 is 2.21 bits per heavy atom. The van der Waals surface area contributed by atoms with Gasteiger partial charge in [0.2, 0.25) is 0 Å². The molecule has 0 fully saturated rings. The standard InChI is InChI=1S/C8H9N3O2S/c1-2-6-3-4-7-8(10-6)9-5-14(12,13)11-7/h3-5,11H,2H2,1H3. The molecule has 74 valence electrons. The van der Waals surface area contributed by atoms with Crippen molar-refractivity contribution in [2.75, 3.05) is 4.72 Å². The molecule has 1 aliphatic rings. The van der Waals surface area contributed by atoms with E-state index >= 15 is 0 Å². The molecule has 1 aromatic heterocycles. The molecule has 1 aliphatic heterocycles. The van der Waals surface area contributed by atoms with Crippen molar-refractivity contribution in [2.45, 2.75) is 13.3 Å². The molecule has 2 heterocycles. The van der Waals surface area contributed by atoms with Gasteiger partial charge in [0, 0.05) is 5.69 Å². The molecule has 0 saturated carbocycles. The van der Waals surface area contributed by atoms with Gasteiger partial charge in [-0.25, -0.2) is 18.4 Å². The highest BCUT2D eigenvalue weighted by Crippen LogP contribution is 2.26. The molecule has 0 radical (unpaired) electrons. The van der Waals surface area contributed by atoms with Gasteiger partial charge in [0.15, 0.2) is 5.82 Å². The third-order valence-electron chi connectivity index (χ3n) is 1.86. The minimum atomic E-state index is -3.40. The van der Waals surface area contributed by atoms with E-state index in [0.717, 1.165) is 17.7 Å². The van der Waals surface area contributed by atoms with E-state index in [1.807, 2.05) is 6.92 Å². The second-order valence-electron chi connectivity index (χ2n) is 2.91. The van der Waals surface area contributed by atoms with Crippen LogP contribution in [-0.2, 0) is 16.4 Å². The Balaban J connectivity index is 2.51. The molecule has 14 heavy (non-hydrogen) atoms. The number of aryl methyl sites for hydroxylation is 1. The summed E-state index contributed by atoms with van der Waals surface area (Å²) in [5.41, 5.74) is 2.20. The first-order valence-corrected chi connectivity index (χ1v) is 5.72. The Morgan fingerprint density at radius 1 is 1.43 bits per heavy atom. The average molecular weight is 211 g/mol. The van der Waals surface area contributed by atoms with E-state index in [-0.39, 0.29) is 0 Å². The zero-order valence-corrected chi connectivity index (χ0v) is 8.37. The average Bonchev–Trinajstić information content (AvgIpc) is 2.16. The van der Waals surface area contributed by atoms with Crippen LogP contribution >= 0.6 is 0 Å². The number of fused-ring (bicyclic) bond motifs is 1. The first-order valence-electron chi connectivity index (χ1n) is 4.17. The van der Waals surface area contributed by atoms with Crippen molar-refractivity contribution in [1.82, 2.24) is 4.98 Å². The molecule has 2 rings (SSSR count). The molecular weight excluding hydrogens is 202 g/mol. The number of hydrogen-bond donors (Lipinski definition) is 1. The molecule has 0 spiro atoms. The lowest BCUT2D eigenvalue weighted by Crippen LogP contribution is -2.17. The Hall–Kier alpha value is -1.43. The van der Waals surface area contributed by atoms with Gasteiger partial charge >= 0.3 is 0 Å². The third-order valence-corrected chi connectivity index (χ3v) is 2.75. The molecule has 1 N–H and O–H groups in total. The van der Waals surface area contributed by atoms with Crippen LogP contribution in [0.1, 0.15) is 12.6 Å². The van der Waals surface area contributed by atoms with Crippen LogP contribution in [0, 0.1) is 0 Å². The molecule has 0 bridgehead atoms. The van der Waals surface area contributed by atoms with Crippen molar-refractivity contribution in [1.29, 1.82) is 0 Å². The predicted molar refractivity (Wildman–Crippen MR) is 54.3 cm³/mol. The summed E-state index contributed by atoms with van der Waals surface area (Å²) in [4.78, 5) is 7.94. The van der Waals surface area contributed by atoms with E-state index in [0.29, 0.717) is 11.5 Å². The van der Waals surface area contributed by atoms with Gasteiger partial charge in [-0.1, -0.05) is 6.92 Å². The van der Waals surface area contributed by atoms with E-state index in [2.05, 4.69) is 14.7 Å². The Labute approximate surface area is 81.9 Å². The second-order valence-corrected chi connectivity index (χ2v) is 4.41. The minimum absolute atomic E-state index is 0.430. The molecular formula is C8H9N3O2S. The third kappa shape index (κ3) is 1.60. The Kier molecular flexibility index (Phi) is 1.99. The number of sulfonamides is 1. The van der Waals surface area contributed by atoms with Crippen molar-refractivity contribution in [3.63, 3.8) is 0 Å². The van der Waals surface area contributed by atoms with Gasteiger partial charge in [0.05, 0.1) is 5.69 Å². The second kappa shape index (κ2) is 3.06. The first kappa shape index (κ1) is 9.14. The van der Waals surface area contributed by atoms with Crippen molar-refractivity contribution in [3.05, 3.63) is 17.8 Å². The Bertz CT molecular complexity index is 493. The normalized spacial score (nSPS) is 17.2. The van der Waals surface area contributed by atoms with Crippen LogP contribution in [0.3, 0.4) is 0 Å². The van der Waals surface area contributed by atoms with Crippen LogP contribution in [-0.4, -0.2) is 18.9 Å². The first-order chi connectivity index (χ1) is 6.61. The minimum Gasteiger partial charge on any atom is -0.275 e. The largest absolute Gasteiger partial charge is 0.275 e. The maximum Gasteiger partial charge on any atom is 0.272 e. The monoisotopic (exact) mass is 211 g/mol. The van der Waals surface area contributed by atoms with E-state index in [9.17, 15) is 8.42 Å². The van der Waals surface area contributed by atoms with Crippen LogP contribution in [0.15, 0.2) is 17.1 Å². The summed E-state index contributed by atoms with van der Waals surface area (Å²) < 4.78 is 24.5. The van der Waals surface area contributed by atoms with Crippen LogP contribution in [0.5, 0.6) is 0 Å². The lowest BCUT2D eigenvalue weighted by molar-refractivity contribution is 0.612. The summed E-state index contributed by atoms with van der Waals surface area (Å²) in [5.74, 6) is 0.430. The van der Waals surface area contributed by atoms with E-state index < -0.39 is 10.0 Å². The number of aromatic nitrogens is 1. The van der Waals surface area contributed by atoms with Gasteiger partial charge in [-0.2, -0.15) is 0 Å². The number of anilines is 1. The zero-order chi connectivity index (χ0) is 10.2. The fourth-order valence-corrected chi connectivity index (χ4v) is 1.92. The van der Waals surface area contributed by atoms with Crippen LogP contribution in [0.2, 0.25) is 0 Å². The summed E-state index contributed by atoms with van der Waals surface area (Å²) in [5, 5.41) is 0. The highest BCUT2D eigenvalue weighted by molar-refractivity contribution is 8.05. The maximum atomic E-state index is 11.1. The molecule has 6 heteroatoms. The number of hydrogen-bond acceptors (Lipinski definition) is 4. The fraction of sp³-hybridized carbons (Fsp3) is 0.250. The summed E-state index contributed by atoms with van der Waals surface area (Å²) in [7, 11) is -3.40. The van der Waals surface area contributed by atoms with E-state index in [4.69, 9.17) is 0 Å².